The van der Waals surface area contributed by atoms with E-state index in [4.69, 9.17) is 10.5 Å². The van der Waals surface area contributed by atoms with E-state index in [1.165, 1.54) is 0 Å². The van der Waals surface area contributed by atoms with E-state index < -0.39 is 0 Å². The Morgan fingerprint density at radius 2 is 2.00 bits per heavy atom. The number of rotatable bonds is 4. The van der Waals surface area contributed by atoms with Gasteiger partial charge >= 0.3 is 0 Å². The van der Waals surface area contributed by atoms with Gasteiger partial charge in [0.2, 0.25) is 5.91 Å². The van der Waals surface area contributed by atoms with Gasteiger partial charge in [0.25, 0.3) is 0 Å². The van der Waals surface area contributed by atoms with E-state index in [1.807, 2.05) is 39.0 Å². The molecule has 25 heavy (non-hydrogen) atoms. The summed E-state index contributed by atoms with van der Waals surface area (Å²) >= 11 is 0. The molecule has 5 heteroatoms. The number of nitrogens with zero attached hydrogens (tertiary/aromatic N) is 1. The summed E-state index contributed by atoms with van der Waals surface area (Å²) in [7, 11) is 0. The number of nitrogens with two attached hydrogens (primary N) is 1. The normalized spacial score (nSPS) is 20.4. The van der Waals surface area contributed by atoms with E-state index >= 15 is 0 Å². The highest BCUT2D eigenvalue weighted by molar-refractivity contribution is 5.97. The number of aryl methyl sites for hydroxylation is 1. The van der Waals surface area contributed by atoms with Crippen LogP contribution in [0.3, 0.4) is 0 Å². The number of benzene rings is 1. The minimum Gasteiger partial charge on any atom is -0.490 e. The number of hydrogen-bond acceptors (Lipinski definition) is 4. The number of hydrogen-bond donors (Lipinski definition) is 2. The molecule has 0 radical (unpaired) electrons. The summed E-state index contributed by atoms with van der Waals surface area (Å²) in [5, 5.41) is 3.82. The van der Waals surface area contributed by atoms with Gasteiger partial charge in [-0.1, -0.05) is 6.07 Å². The lowest BCUT2D eigenvalue weighted by molar-refractivity contribution is -0.126. The zero-order valence-corrected chi connectivity index (χ0v) is 15.3. The number of ether oxygens (including phenoxy) is 1. The third-order valence-electron chi connectivity index (χ3n) is 5.20. The molecule has 1 heterocycles. The minimum atomic E-state index is 0.115. The smallest absolute Gasteiger partial charge is 0.223 e. The molecule has 1 saturated carbocycles. The lowest BCUT2D eigenvalue weighted by atomic mass is 9.86. The van der Waals surface area contributed by atoms with Crippen molar-refractivity contribution in [3.05, 3.63) is 29.5 Å². The number of nitrogens with one attached hydrogen (secondary N) is 1. The fourth-order valence-electron chi connectivity index (χ4n) is 3.57. The standard InChI is InChI=1S/C20H27N3O2/c1-4-22-20(24)14-8-10-15(11-9-14)25-17-7-5-6-16-18(17)19(21)12(2)13(3)23-16/h5-7,14-15H,4,8-11H2,1-3H3,(H2,21,23)(H,22,24). The first-order valence-electron chi connectivity index (χ1n) is 9.11. The van der Waals surface area contributed by atoms with E-state index in [0.29, 0.717) is 6.54 Å². The van der Waals surface area contributed by atoms with Gasteiger partial charge in [-0.2, -0.15) is 0 Å². The first kappa shape index (κ1) is 17.5. The molecular weight excluding hydrogens is 314 g/mol. The molecule has 1 aliphatic carbocycles. The second kappa shape index (κ2) is 7.30. The molecule has 5 nitrogen and oxygen atoms in total. The molecular formula is C20H27N3O2. The molecule has 1 aliphatic rings. The summed E-state index contributed by atoms with van der Waals surface area (Å²) in [6.45, 7) is 6.61. The monoisotopic (exact) mass is 341 g/mol. The first-order chi connectivity index (χ1) is 12.0. The van der Waals surface area contributed by atoms with Crippen molar-refractivity contribution in [2.24, 2.45) is 5.92 Å². The molecule has 3 rings (SSSR count). The maximum absolute atomic E-state index is 12.0. The van der Waals surface area contributed by atoms with Crippen molar-refractivity contribution < 1.29 is 9.53 Å². The molecule has 1 fully saturated rings. The van der Waals surface area contributed by atoms with Gasteiger partial charge in [0.15, 0.2) is 0 Å². The number of carbonyl (C=O) groups excluding carboxylic acids is 1. The van der Waals surface area contributed by atoms with E-state index in [-0.39, 0.29) is 17.9 Å². The average molecular weight is 341 g/mol. The SMILES string of the molecule is CCNC(=O)C1CCC(Oc2cccc3nc(C)c(C)c(N)c23)CC1. The van der Waals surface area contributed by atoms with Crippen LogP contribution in [0.4, 0.5) is 5.69 Å². The number of pyridine rings is 1. The number of amides is 1. The molecule has 1 amide bonds. The van der Waals surface area contributed by atoms with Crippen LogP contribution in [0.5, 0.6) is 5.75 Å². The molecule has 0 bridgehead atoms. The van der Waals surface area contributed by atoms with E-state index in [1.54, 1.807) is 0 Å². The highest BCUT2D eigenvalue weighted by Crippen LogP contribution is 2.35. The topological polar surface area (TPSA) is 77.2 Å². The Labute approximate surface area is 149 Å². The Bertz CT molecular complexity index is 780. The van der Waals surface area contributed by atoms with Gasteiger partial charge in [0.1, 0.15) is 5.75 Å². The average Bonchev–Trinajstić information content (AvgIpc) is 2.60. The van der Waals surface area contributed by atoms with Crippen molar-refractivity contribution in [3.63, 3.8) is 0 Å². The van der Waals surface area contributed by atoms with Gasteiger partial charge in [0, 0.05) is 23.8 Å². The Kier molecular flexibility index (Phi) is 5.11. The van der Waals surface area contributed by atoms with E-state index in [2.05, 4.69) is 10.3 Å². The Hall–Kier alpha value is -2.30. The first-order valence-corrected chi connectivity index (χ1v) is 9.11. The molecule has 0 saturated heterocycles. The van der Waals surface area contributed by atoms with Gasteiger partial charge in [-0.05, 0) is 64.2 Å². The van der Waals surface area contributed by atoms with Crippen molar-refractivity contribution in [3.8, 4) is 5.75 Å². The summed E-state index contributed by atoms with van der Waals surface area (Å²) in [5.41, 5.74) is 9.91. The summed E-state index contributed by atoms with van der Waals surface area (Å²) in [6.07, 6.45) is 3.63. The van der Waals surface area contributed by atoms with E-state index in [0.717, 1.165) is 59.3 Å². The number of aromatic nitrogens is 1. The van der Waals surface area contributed by atoms with Gasteiger partial charge in [-0.15, -0.1) is 0 Å². The van der Waals surface area contributed by atoms with Crippen LogP contribution < -0.4 is 15.8 Å². The Morgan fingerprint density at radius 1 is 1.28 bits per heavy atom. The number of anilines is 1. The van der Waals surface area contributed by atoms with Gasteiger partial charge in [-0.3, -0.25) is 9.78 Å². The zero-order chi connectivity index (χ0) is 18.0. The highest BCUT2D eigenvalue weighted by atomic mass is 16.5. The molecule has 1 aromatic carbocycles. The number of carbonyl (C=O) groups is 1. The fourth-order valence-corrected chi connectivity index (χ4v) is 3.57. The van der Waals surface area contributed by atoms with Crippen molar-refractivity contribution in [2.75, 3.05) is 12.3 Å². The molecule has 134 valence electrons. The molecule has 0 atom stereocenters. The van der Waals surface area contributed by atoms with Crippen LogP contribution in [-0.2, 0) is 4.79 Å². The molecule has 0 unspecified atom stereocenters. The van der Waals surface area contributed by atoms with Crippen LogP contribution in [0.25, 0.3) is 10.9 Å². The predicted molar refractivity (Wildman–Crippen MR) is 101 cm³/mol. The quantitative estimate of drug-likeness (QED) is 0.892. The van der Waals surface area contributed by atoms with Crippen LogP contribution in [0.1, 0.15) is 43.9 Å². The van der Waals surface area contributed by atoms with Crippen LogP contribution in [0, 0.1) is 19.8 Å². The Morgan fingerprint density at radius 3 is 2.68 bits per heavy atom. The third kappa shape index (κ3) is 3.55. The lowest BCUT2D eigenvalue weighted by Gasteiger charge is -2.28. The molecule has 3 N–H and O–H groups in total. The second-order valence-electron chi connectivity index (χ2n) is 6.87. The molecule has 0 aliphatic heterocycles. The highest BCUT2D eigenvalue weighted by Gasteiger charge is 2.27. The fraction of sp³-hybridized carbons (Fsp3) is 0.500. The van der Waals surface area contributed by atoms with Gasteiger partial charge < -0.3 is 15.8 Å². The van der Waals surface area contributed by atoms with Crippen molar-refractivity contribution in [1.82, 2.24) is 10.3 Å². The predicted octanol–water partition coefficient (Wildman–Crippen LogP) is 3.51. The maximum Gasteiger partial charge on any atom is 0.223 e. The summed E-state index contributed by atoms with van der Waals surface area (Å²) in [6, 6.07) is 5.89. The lowest BCUT2D eigenvalue weighted by Crippen LogP contribution is -2.35. The van der Waals surface area contributed by atoms with Crippen LogP contribution >= 0.6 is 0 Å². The van der Waals surface area contributed by atoms with Gasteiger partial charge in [-0.25, -0.2) is 0 Å². The van der Waals surface area contributed by atoms with Gasteiger partial charge in [0.05, 0.1) is 17.0 Å². The minimum absolute atomic E-state index is 0.115. The number of fused-ring (bicyclic) bond motifs is 1. The molecule has 2 aromatic rings. The second-order valence-corrected chi connectivity index (χ2v) is 6.87. The summed E-state index contributed by atoms with van der Waals surface area (Å²) in [4.78, 5) is 16.6. The Balaban J connectivity index is 1.76. The van der Waals surface area contributed by atoms with Crippen molar-refractivity contribution in [2.45, 2.75) is 52.6 Å². The summed E-state index contributed by atoms with van der Waals surface area (Å²) < 4.78 is 6.28. The summed E-state index contributed by atoms with van der Waals surface area (Å²) in [5.74, 6) is 1.08. The van der Waals surface area contributed by atoms with Crippen LogP contribution in [0.2, 0.25) is 0 Å². The molecule has 1 aromatic heterocycles. The van der Waals surface area contributed by atoms with Crippen molar-refractivity contribution >= 4 is 22.5 Å². The number of nitrogen functional groups attached to an aromatic ring is 1. The molecule has 0 spiro atoms. The third-order valence-corrected chi connectivity index (χ3v) is 5.20. The van der Waals surface area contributed by atoms with Crippen molar-refractivity contribution in [1.29, 1.82) is 0 Å². The van der Waals surface area contributed by atoms with Crippen LogP contribution in [-0.4, -0.2) is 23.5 Å². The van der Waals surface area contributed by atoms with Crippen LogP contribution in [0.15, 0.2) is 18.2 Å². The largest absolute Gasteiger partial charge is 0.490 e. The maximum atomic E-state index is 12.0. The van der Waals surface area contributed by atoms with E-state index in [9.17, 15) is 4.79 Å². The zero-order valence-electron chi connectivity index (χ0n) is 15.3.